The van der Waals surface area contributed by atoms with Crippen molar-refractivity contribution in [1.82, 2.24) is 9.59 Å². The van der Waals surface area contributed by atoms with Gasteiger partial charge in [-0.05, 0) is 50.4 Å². The maximum atomic E-state index is 12.2. The number of aromatic nitrogens is 2. The molecule has 0 saturated heterocycles. The highest BCUT2D eigenvalue weighted by Crippen LogP contribution is 2.17. The van der Waals surface area contributed by atoms with E-state index in [1.807, 2.05) is 39.0 Å². The van der Waals surface area contributed by atoms with Crippen LogP contribution in [0.3, 0.4) is 0 Å². The molecule has 0 fully saturated rings. The lowest BCUT2D eigenvalue weighted by molar-refractivity contribution is -0.123. The largest absolute Gasteiger partial charge is 0.448 e. The lowest BCUT2D eigenvalue weighted by atomic mass is 10.1. The molecule has 6 nitrogen and oxygen atoms in total. The Morgan fingerprint density at radius 2 is 2.09 bits per heavy atom. The maximum Gasteiger partial charge on any atom is 0.352 e. The summed E-state index contributed by atoms with van der Waals surface area (Å²) in [5.74, 6) is -0.944. The fraction of sp³-hybridized carbons (Fsp3) is 0.375. The quantitative estimate of drug-likeness (QED) is 0.851. The zero-order chi connectivity index (χ0) is 17.0. The molecule has 1 atom stereocenters. The van der Waals surface area contributed by atoms with E-state index >= 15 is 0 Å². The van der Waals surface area contributed by atoms with Crippen molar-refractivity contribution in [3.05, 3.63) is 39.9 Å². The molecule has 0 saturated carbocycles. The first-order chi connectivity index (χ1) is 10.9. The molecule has 23 heavy (non-hydrogen) atoms. The normalized spacial score (nSPS) is 11.8. The standard InChI is InChI=1S/C16H19N3O3S/c1-5-12-14(23-19-18-12)16(21)22-11(4)15(20)17-13-7-6-9(2)8-10(13)3/h6-8,11H,5H2,1-4H3,(H,17,20)/t11-/m1/s1. The molecule has 0 bridgehead atoms. The number of amides is 1. The number of esters is 1. The molecule has 7 heteroatoms. The molecule has 0 spiro atoms. The zero-order valence-corrected chi connectivity index (χ0v) is 14.4. The molecule has 122 valence electrons. The van der Waals surface area contributed by atoms with Gasteiger partial charge in [-0.25, -0.2) is 4.79 Å². The van der Waals surface area contributed by atoms with E-state index in [-0.39, 0.29) is 5.91 Å². The van der Waals surface area contributed by atoms with Gasteiger partial charge in [-0.2, -0.15) is 0 Å². The molecule has 0 unspecified atom stereocenters. The Kier molecular flexibility index (Phi) is 5.44. The minimum atomic E-state index is -0.907. The number of aryl methyl sites for hydroxylation is 3. The molecular weight excluding hydrogens is 314 g/mol. The first-order valence-corrected chi connectivity index (χ1v) is 8.10. The van der Waals surface area contributed by atoms with Gasteiger partial charge in [0.05, 0.1) is 5.69 Å². The Labute approximate surface area is 139 Å². The fourth-order valence-corrected chi connectivity index (χ4v) is 2.68. The van der Waals surface area contributed by atoms with Crippen LogP contribution in [-0.2, 0) is 16.0 Å². The van der Waals surface area contributed by atoms with E-state index in [1.54, 1.807) is 0 Å². The van der Waals surface area contributed by atoms with E-state index in [2.05, 4.69) is 14.9 Å². The average Bonchev–Trinajstić information content (AvgIpc) is 2.98. The number of anilines is 1. The third-order valence-electron chi connectivity index (χ3n) is 3.37. The predicted octanol–water partition coefficient (Wildman–Crippen LogP) is 2.90. The molecule has 2 aromatic rings. The lowest BCUT2D eigenvalue weighted by Gasteiger charge is -2.14. The number of carbonyl (C=O) groups is 2. The summed E-state index contributed by atoms with van der Waals surface area (Å²) in [7, 11) is 0. The minimum Gasteiger partial charge on any atom is -0.448 e. The third kappa shape index (κ3) is 4.13. The van der Waals surface area contributed by atoms with E-state index in [0.717, 1.165) is 22.7 Å². The lowest BCUT2D eigenvalue weighted by Crippen LogP contribution is -2.30. The topological polar surface area (TPSA) is 81.2 Å². The van der Waals surface area contributed by atoms with Gasteiger partial charge in [0.1, 0.15) is 0 Å². The molecule has 0 aliphatic heterocycles. The summed E-state index contributed by atoms with van der Waals surface area (Å²) in [6.45, 7) is 7.31. The van der Waals surface area contributed by atoms with Crippen molar-refractivity contribution >= 4 is 29.1 Å². The number of nitrogens with one attached hydrogen (secondary N) is 1. The van der Waals surface area contributed by atoms with Crippen LogP contribution in [0, 0.1) is 13.8 Å². The van der Waals surface area contributed by atoms with Gasteiger partial charge >= 0.3 is 5.97 Å². The highest BCUT2D eigenvalue weighted by atomic mass is 32.1. The molecule has 1 aromatic carbocycles. The summed E-state index contributed by atoms with van der Waals surface area (Å²) < 4.78 is 8.96. The summed E-state index contributed by atoms with van der Waals surface area (Å²) in [6.07, 6.45) is -0.320. The highest BCUT2D eigenvalue weighted by Gasteiger charge is 2.23. The average molecular weight is 333 g/mol. The van der Waals surface area contributed by atoms with E-state index in [0.29, 0.717) is 22.7 Å². The van der Waals surface area contributed by atoms with Crippen molar-refractivity contribution in [3.63, 3.8) is 0 Å². The Balaban J connectivity index is 2.01. The summed E-state index contributed by atoms with van der Waals surface area (Å²) in [5, 5.41) is 6.64. The molecule has 1 heterocycles. The van der Waals surface area contributed by atoms with Crippen LogP contribution < -0.4 is 5.32 Å². The SMILES string of the molecule is CCc1nnsc1C(=O)O[C@H](C)C(=O)Nc1ccc(C)cc1C. The number of carbonyl (C=O) groups excluding carboxylic acids is 2. The molecule has 1 N–H and O–H groups in total. The Morgan fingerprint density at radius 3 is 2.74 bits per heavy atom. The van der Waals surface area contributed by atoms with Gasteiger partial charge in [-0.15, -0.1) is 5.10 Å². The van der Waals surface area contributed by atoms with Crippen LogP contribution in [0.5, 0.6) is 0 Å². The van der Waals surface area contributed by atoms with E-state index in [4.69, 9.17) is 4.74 Å². The predicted molar refractivity (Wildman–Crippen MR) is 88.7 cm³/mol. The van der Waals surface area contributed by atoms with Gasteiger partial charge in [0.2, 0.25) is 0 Å². The molecule has 2 rings (SSSR count). The molecular formula is C16H19N3O3S. The van der Waals surface area contributed by atoms with Crippen molar-refractivity contribution in [2.75, 3.05) is 5.32 Å². The minimum absolute atomic E-state index is 0.346. The first kappa shape index (κ1) is 17.1. The van der Waals surface area contributed by atoms with Crippen LogP contribution in [0.15, 0.2) is 18.2 Å². The van der Waals surface area contributed by atoms with Crippen LogP contribution >= 0.6 is 11.5 Å². The second-order valence-electron chi connectivity index (χ2n) is 5.26. The van der Waals surface area contributed by atoms with Crippen molar-refractivity contribution in [2.24, 2.45) is 0 Å². The Bertz CT molecular complexity index is 727. The maximum absolute atomic E-state index is 12.2. The number of ether oxygens (including phenoxy) is 1. The second kappa shape index (κ2) is 7.32. The van der Waals surface area contributed by atoms with Gasteiger partial charge in [0, 0.05) is 5.69 Å². The van der Waals surface area contributed by atoms with Gasteiger partial charge < -0.3 is 10.1 Å². The van der Waals surface area contributed by atoms with Crippen molar-refractivity contribution in [2.45, 2.75) is 40.2 Å². The van der Waals surface area contributed by atoms with E-state index < -0.39 is 12.1 Å². The first-order valence-electron chi connectivity index (χ1n) is 7.32. The van der Waals surface area contributed by atoms with Gasteiger partial charge in [0.15, 0.2) is 11.0 Å². The number of hydrogen-bond donors (Lipinski definition) is 1. The summed E-state index contributed by atoms with van der Waals surface area (Å²) in [6, 6.07) is 5.72. The second-order valence-corrected chi connectivity index (χ2v) is 6.01. The number of benzene rings is 1. The summed E-state index contributed by atoms with van der Waals surface area (Å²) in [5.41, 5.74) is 3.36. The Hall–Kier alpha value is -2.28. The van der Waals surface area contributed by atoms with Gasteiger partial charge in [-0.3, -0.25) is 4.79 Å². The Morgan fingerprint density at radius 1 is 1.35 bits per heavy atom. The molecule has 1 aromatic heterocycles. The number of hydrogen-bond acceptors (Lipinski definition) is 6. The van der Waals surface area contributed by atoms with E-state index in [1.165, 1.54) is 6.92 Å². The highest BCUT2D eigenvalue weighted by molar-refractivity contribution is 7.07. The molecule has 0 aliphatic rings. The third-order valence-corrected chi connectivity index (χ3v) is 4.12. The van der Waals surface area contributed by atoms with Gasteiger partial charge in [0.25, 0.3) is 5.91 Å². The van der Waals surface area contributed by atoms with Crippen molar-refractivity contribution in [1.29, 1.82) is 0 Å². The summed E-state index contributed by atoms with van der Waals surface area (Å²) in [4.78, 5) is 24.6. The molecule has 0 aliphatic carbocycles. The molecule has 1 amide bonds. The van der Waals surface area contributed by atoms with Crippen LogP contribution in [0.25, 0.3) is 0 Å². The van der Waals surface area contributed by atoms with Crippen LogP contribution in [-0.4, -0.2) is 27.6 Å². The van der Waals surface area contributed by atoms with Crippen molar-refractivity contribution < 1.29 is 14.3 Å². The van der Waals surface area contributed by atoms with Crippen LogP contribution in [0.2, 0.25) is 0 Å². The number of nitrogens with zero attached hydrogens (tertiary/aromatic N) is 2. The monoisotopic (exact) mass is 333 g/mol. The van der Waals surface area contributed by atoms with Crippen LogP contribution in [0.4, 0.5) is 5.69 Å². The van der Waals surface area contributed by atoms with Gasteiger partial charge in [-0.1, -0.05) is 29.1 Å². The smallest absolute Gasteiger partial charge is 0.352 e. The fourth-order valence-electron chi connectivity index (χ4n) is 2.05. The van der Waals surface area contributed by atoms with E-state index in [9.17, 15) is 9.59 Å². The van der Waals surface area contributed by atoms with Crippen LogP contribution in [0.1, 0.15) is 40.3 Å². The zero-order valence-electron chi connectivity index (χ0n) is 13.5. The molecule has 0 radical (unpaired) electrons. The summed E-state index contributed by atoms with van der Waals surface area (Å²) >= 11 is 0.977. The number of rotatable bonds is 5. The van der Waals surface area contributed by atoms with Crippen molar-refractivity contribution in [3.8, 4) is 0 Å².